The van der Waals surface area contributed by atoms with Crippen molar-refractivity contribution in [3.63, 3.8) is 0 Å². The predicted molar refractivity (Wildman–Crippen MR) is 83.7 cm³/mol. The second-order valence-corrected chi connectivity index (χ2v) is 5.52. The monoisotopic (exact) mass is 304 g/mol. The molecular weight excluding hydrogens is 288 g/mol. The topological polar surface area (TPSA) is 81.0 Å². The average molecular weight is 304 g/mol. The van der Waals surface area contributed by atoms with E-state index >= 15 is 0 Å². The number of anilines is 1. The fourth-order valence-corrected chi connectivity index (χ4v) is 2.83. The number of rotatable bonds is 5. The molecule has 0 aliphatic heterocycles. The van der Waals surface area contributed by atoms with Crippen LogP contribution in [-0.2, 0) is 5.75 Å². The molecule has 0 amide bonds. The van der Waals surface area contributed by atoms with Gasteiger partial charge in [0, 0.05) is 30.3 Å². The van der Waals surface area contributed by atoms with Gasteiger partial charge < -0.3 is 5.32 Å². The van der Waals surface area contributed by atoms with Crippen LogP contribution in [0.5, 0.6) is 0 Å². The number of hydrogen-bond acceptors (Lipinski definition) is 6. The minimum absolute atomic E-state index is 0.0777. The van der Waals surface area contributed by atoms with E-state index in [0.29, 0.717) is 11.4 Å². The van der Waals surface area contributed by atoms with Crippen LogP contribution < -0.4 is 5.32 Å². The lowest BCUT2D eigenvalue weighted by Crippen LogP contribution is -1.98. The van der Waals surface area contributed by atoms with Gasteiger partial charge in [0.1, 0.15) is 5.69 Å². The lowest BCUT2D eigenvalue weighted by atomic mass is 10.2. The van der Waals surface area contributed by atoms with Gasteiger partial charge in [0.05, 0.1) is 4.92 Å². The Morgan fingerprint density at radius 2 is 1.90 bits per heavy atom. The van der Waals surface area contributed by atoms with Gasteiger partial charge in [-0.3, -0.25) is 10.1 Å². The van der Waals surface area contributed by atoms with Gasteiger partial charge in [-0.15, -0.1) is 0 Å². The van der Waals surface area contributed by atoms with Crippen LogP contribution in [0.4, 0.5) is 11.4 Å². The third-order valence-corrected chi connectivity index (χ3v) is 3.78. The number of nitro groups is 1. The SMILES string of the molecule is CNc1cc(CSc2nc(C)cc(C)n2)ccc1[N+](=O)[O-]. The summed E-state index contributed by atoms with van der Waals surface area (Å²) in [6.45, 7) is 3.87. The van der Waals surface area contributed by atoms with Gasteiger partial charge >= 0.3 is 0 Å². The minimum Gasteiger partial charge on any atom is -0.383 e. The van der Waals surface area contributed by atoms with E-state index in [1.165, 1.54) is 17.8 Å². The number of nitrogens with zero attached hydrogens (tertiary/aromatic N) is 3. The zero-order valence-corrected chi connectivity index (χ0v) is 12.9. The molecule has 1 aromatic heterocycles. The van der Waals surface area contributed by atoms with Crippen LogP contribution in [0.1, 0.15) is 17.0 Å². The van der Waals surface area contributed by atoms with E-state index in [-0.39, 0.29) is 5.69 Å². The van der Waals surface area contributed by atoms with E-state index in [4.69, 9.17) is 0 Å². The summed E-state index contributed by atoms with van der Waals surface area (Å²) in [5.74, 6) is 0.662. The Balaban J connectivity index is 2.14. The Bertz CT molecular complexity index is 656. The van der Waals surface area contributed by atoms with Gasteiger partial charge in [-0.05, 0) is 31.5 Å². The van der Waals surface area contributed by atoms with Crippen molar-refractivity contribution in [2.75, 3.05) is 12.4 Å². The molecule has 0 fully saturated rings. The summed E-state index contributed by atoms with van der Waals surface area (Å²) >= 11 is 1.52. The van der Waals surface area contributed by atoms with E-state index in [1.54, 1.807) is 19.2 Å². The highest BCUT2D eigenvalue weighted by Crippen LogP contribution is 2.28. The van der Waals surface area contributed by atoms with Crippen molar-refractivity contribution in [1.29, 1.82) is 0 Å². The second kappa shape index (κ2) is 6.53. The van der Waals surface area contributed by atoms with Gasteiger partial charge in [-0.1, -0.05) is 17.8 Å². The predicted octanol–water partition coefficient (Wildman–Crippen LogP) is 3.34. The lowest BCUT2D eigenvalue weighted by Gasteiger charge is -2.06. The van der Waals surface area contributed by atoms with Crippen LogP contribution in [-0.4, -0.2) is 21.9 Å². The molecule has 21 heavy (non-hydrogen) atoms. The summed E-state index contributed by atoms with van der Waals surface area (Å²) in [7, 11) is 1.67. The van der Waals surface area contributed by atoms with Gasteiger partial charge in [0.15, 0.2) is 5.16 Å². The molecule has 1 N–H and O–H groups in total. The van der Waals surface area contributed by atoms with E-state index in [9.17, 15) is 10.1 Å². The van der Waals surface area contributed by atoms with Crippen LogP contribution in [0.2, 0.25) is 0 Å². The van der Waals surface area contributed by atoms with E-state index in [0.717, 1.165) is 22.1 Å². The fraction of sp³-hybridized carbons (Fsp3) is 0.286. The molecule has 0 unspecified atom stereocenters. The third kappa shape index (κ3) is 3.91. The molecule has 0 aliphatic rings. The highest BCUT2D eigenvalue weighted by Gasteiger charge is 2.13. The van der Waals surface area contributed by atoms with Crippen molar-refractivity contribution < 1.29 is 4.92 Å². The zero-order chi connectivity index (χ0) is 15.4. The molecule has 6 nitrogen and oxygen atoms in total. The molecule has 0 spiro atoms. The molecular formula is C14H16N4O2S. The van der Waals surface area contributed by atoms with Crippen molar-refractivity contribution in [2.45, 2.75) is 24.8 Å². The fourth-order valence-electron chi connectivity index (χ4n) is 1.94. The molecule has 110 valence electrons. The molecule has 0 bridgehead atoms. The summed E-state index contributed by atoms with van der Waals surface area (Å²) in [5, 5.41) is 14.5. The first-order valence-electron chi connectivity index (χ1n) is 6.39. The van der Waals surface area contributed by atoms with Crippen molar-refractivity contribution in [3.05, 3.63) is 51.3 Å². The average Bonchev–Trinajstić information content (AvgIpc) is 2.43. The molecule has 2 aromatic rings. The first-order valence-corrected chi connectivity index (χ1v) is 7.38. The Hall–Kier alpha value is -2.15. The molecule has 1 aromatic carbocycles. The first kappa shape index (κ1) is 15.2. The molecule has 0 saturated heterocycles. The van der Waals surface area contributed by atoms with Crippen LogP contribution >= 0.6 is 11.8 Å². The molecule has 0 saturated carbocycles. The summed E-state index contributed by atoms with van der Waals surface area (Å²) < 4.78 is 0. The number of thioether (sulfide) groups is 1. The summed E-state index contributed by atoms with van der Waals surface area (Å²) in [6, 6.07) is 6.99. The number of hydrogen-bond donors (Lipinski definition) is 1. The van der Waals surface area contributed by atoms with Gasteiger partial charge in [-0.25, -0.2) is 9.97 Å². The van der Waals surface area contributed by atoms with Crippen molar-refractivity contribution in [2.24, 2.45) is 0 Å². The van der Waals surface area contributed by atoms with E-state index in [1.807, 2.05) is 19.9 Å². The zero-order valence-electron chi connectivity index (χ0n) is 12.1. The molecule has 2 rings (SSSR count). The van der Waals surface area contributed by atoms with Crippen LogP contribution in [0, 0.1) is 24.0 Å². The standard InChI is InChI=1S/C14H16N4O2S/c1-9-6-10(2)17-14(16-9)21-8-11-4-5-13(18(19)20)12(7-11)15-3/h4-7,15H,8H2,1-3H3. The van der Waals surface area contributed by atoms with Crippen molar-refractivity contribution >= 4 is 23.1 Å². The Morgan fingerprint density at radius 3 is 2.48 bits per heavy atom. The van der Waals surface area contributed by atoms with Crippen LogP contribution in [0.25, 0.3) is 0 Å². The second-order valence-electron chi connectivity index (χ2n) is 4.58. The van der Waals surface area contributed by atoms with Gasteiger partial charge in [-0.2, -0.15) is 0 Å². The summed E-state index contributed by atoms with van der Waals surface area (Å²) in [5.41, 5.74) is 3.44. The highest BCUT2D eigenvalue weighted by molar-refractivity contribution is 7.98. The summed E-state index contributed by atoms with van der Waals surface area (Å²) in [4.78, 5) is 19.2. The first-order chi connectivity index (χ1) is 9.99. The Labute approximate surface area is 127 Å². The molecule has 1 heterocycles. The molecule has 0 aliphatic carbocycles. The van der Waals surface area contributed by atoms with E-state index < -0.39 is 4.92 Å². The third-order valence-electron chi connectivity index (χ3n) is 2.86. The van der Waals surface area contributed by atoms with Crippen molar-refractivity contribution in [3.8, 4) is 0 Å². The largest absolute Gasteiger partial charge is 0.383 e. The number of aryl methyl sites for hydroxylation is 2. The Morgan fingerprint density at radius 1 is 1.24 bits per heavy atom. The number of nitro benzene ring substituents is 1. The number of benzene rings is 1. The van der Waals surface area contributed by atoms with Crippen LogP contribution in [0.3, 0.4) is 0 Å². The van der Waals surface area contributed by atoms with Crippen LogP contribution in [0.15, 0.2) is 29.4 Å². The van der Waals surface area contributed by atoms with Gasteiger partial charge in [0.25, 0.3) is 5.69 Å². The quantitative estimate of drug-likeness (QED) is 0.395. The lowest BCUT2D eigenvalue weighted by molar-refractivity contribution is -0.383. The molecule has 7 heteroatoms. The normalized spacial score (nSPS) is 10.4. The van der Waals surface area contributed by atoms with Gasteiger partial charge in [0.2, 0.25) is 0 Å². The van der Waals surface area contributed by atoms with E-state index in [2.05, 4.69) is 15.3 Å². The Kier molecular flexibility index (Phi) is 4.74. The smallest absolute Gasteiger partial charge is 0.292 e. The maximum Gasteiger partial charge on any atom is 0.292 e. The highest BCUT2D eigenvalue weighted by atomic mass is 32.2. The maximum absolute atomic E-state index is 10.9. The number of nitrogens with one attached hydrogen (secondary N) is 1. The van der Waals surface area contributed by atoms with Crippen molar-refractivity contribution in [1.82, 2.24) is 9.97 Å². The molecule has 0 atom stereocenters. The number of aromatic nitrogens is 2. The molecule has 0 radical (unpaired) electrons. The minimum atomic E-state index is -0.393. The maximum atomic E-state index is 10.9. The summed E-state index contributed by atoms with van der Waals surface area (Å²) in [6.07, 6.45) is 0.